The zero-order valence-corrected chi connectivity index (χ0v) is 17.7. The van der Waals surface area contributed by atoms with Crippen LogP contribution in [0.5, 0.6) is 0 Å². The van der Waals surface area contributed by atoms with E-state index in [1.807, 2.05) is 6.07 Å². The maximum Gasteiger partial charge on any atom is 0.417 e. The monoisotopic (exact) mass is 461 g/mol. The van der Waals surface area contributed by atoms with Crippen molar-refractivity contribution in [1.82, 2.24) is 9.88 Å². The van der Waals surface area contributed by atoms with Crippen LogP contribution in [-0.4, -0.2) is 30.5 Å². The largest absolute Gasteiger partial charge is 0.417 e. The van der Waals surface area contributed by atoms with E-state index in [1.54, 1.807) is 24.3 Å². The fourth-order valence-corrected chi connectivity index (χ4v) is 4.30. The lowest BCUT2D eigenvalue weighted by molar-refractivity contribution is -0.137. The number of rotatable bonds is 5. The molecule has 0 aliphatic carbocycles. The van der Waals surface area contributed by atoms with Gasteiger partial charge in [0, 0.05) is 36.1 Å². The Morgan fingerprint density at radius 2 is 1.81 bits per heavy atom. The summed E-state index contributed by atoms with van der Waals surface area (Å²) in [6, 6.07) is 14.6. The van der Waals surface area contributed by atoms with Gasteiger partial charge in [-0.2, -0.15) is 13.2 Å². The second kappa shape index (κ2) is 7.94. The maximum absolute atomic E-state index is 14.2. The second-order valence-electron chi connectivity index (χ2n) is 7.47. The minimum absolute atomic E-state index is 0.125. The van der Waals surface area contributed by atoms with E-state index in [2.05, 4.69) is 9.71 Å². The first kappa shape index (κ1) is 21.8. The van der Waals surface area contributed by atoms with Crippen molar-refractivity contribution in [3.8, 4) is 11.1 Å². The van der Waals surface area contributed by atoms with Gasteiger partial charge in [-0.25, -0.2) is 8.42 Å². The number of nitrogens with zero attached hydrogens (tertiary/aromatic N) is 2. The molecule has 1 aliphatic heterocycles. The molecule has 0 saturated carbocycles. The molecule has 0 spiro atoms. The van der Waals surface area contributed by atoms with Crippen LogP contribution in [0.2, 0.25) is 0 Å². The highest BCUT2D eigenvalue weighted by atomic mass is 32.2. The zero-order valence-electron chi connectivity index (χ0n) is 16.8. The number of hydrogen-bond acceptors (Lipinski definition) is 4. The van der Waals surface area contributed by atoms with Crippen molar-refractivity contribution in [3.05, 3.63) is 83.2 Å². The van der Waals surface area contributed by atoms with Crippen molar-refractivity contribution in [2.24, 2.45) is 0 Å². The number of benzene rings is 2. The van der Waals surface area contributed by atoms with E-state index >= 15 is 0 Å². The third-order valence-corrected chi connectivity index (χ3v) is 5.60. The molecule has 1 amide bonds. The van der Waals surface area contributed by atoms with Gasteiger partial charge in [0.25, 0.3) is 5.91 Å². The number of carbonyl (C=O) groups is 1. The minimum atomic E-state index is -4.74. The predicted molar refractivity (Wildman–Crippen MR) is 113 cm³/mol. The summed E-state index contributed by atoms with van der Waals surface area (Å²) in [5.41, 5.74) is -0.511. The molecule has 0 atom stereocenters. The Morgan fingerprint density at radius 1 is 1.09 bits per heavy atom. The number of alkyl halides is 3. The van der Waals surface area contributed by atoms with Crippen LogP contribution < -0.4 is 4.72 Å². The molecule has 0 bridgehead atoms. The van der Waals surface area contributed by atoms with Crippen molar-refractivity contribution < 1.29 is 26.4 Å². The molecule has 1 aromatic heterocycles. The van der Waals surface area contributed by atoms with Gasteiger partial charge in [0.2, 0.25) is 10.0 Å². The lowest BCUT2D eigenvalue weighted by Gasteiger charge is -2.18. The smallest absolute Gasteiger partial charge is 0.329 e. The first-order valence-corrected chi connectivity index (χ1v) is 11.4. The Morgan fingerprint density at radius 3 is 2.47 bits per heavy atom. The van der Waals surface area contributed by atoms with Crippen LogP contribution in [0.4, 0.5) is 18.9 Å². The number of sulfonamides is 1. The van der Waals surface area contributed by atoms with Gasteiger partial charge in [-0.05, 0) is 23.3 Å². The van der Waals surface area contributed by atoms with Crippen LogP contribution in [0.25, 0.3) is 11.1 Å². The van der Waals surface area contributed by atoms with E-state index in [-0.39, 0.29) is 41.2 Å². The number of fused-ring (bicyclic) bond motifs is 1. The summed E-state index contributed by atoms with van der Waals surface area (Å²) in [7, 11) is -3.61. The van der Waals surface area contributed by atoms with Crippen molar-refractivity contribution in [2.75, 3.05) is 11.0 Å². The number of hydrogen-bond donors (Lipinski definition) is 1. The average molecular weight is 461 g/mol. The Balaban J connectivity index is 1.78. The SMILES string of the molecule is CS(=O)(=O)Nc1cccc(-c2cnc3c(c2C(F)(F)F)CN(Cc2ccccc2)C3=O)c1. The lowest BCUT2D eigenvalue weighted by Crippen LogP contribution is -2.23. The van der Waals surface area contributed by atoms with E-state index in [4.69, 9.17) is 0 Å². The van der Waals surface area contributed by atoms with Crippen LogP contribution in [0.15, 0.2) is 60.8 Å². The third-order valence-electron chi connectivity index (χ3n) is 5.00. The zero-order chi connectivity index (χ0) is 23.1. The summed E-state index contributed by atoms with van der Waals surface area (Å²) in [6.45, 7) is -0.0591. The summed E-state index contributed by atoms with van der Waals surface area (Å²) in [5, 5.41) is 0. The molecule has 2 heterocycles. The van der Waals surface area contributed by atoms with E-state index < -0.39 is 27.7 Å². The number of pyridine rings is 1. The Bertz CT molecular complexity index is 1290. The Hall–Kier alpha value is -3.40. The average Bonchev–Trinajstić information content (AvgIpc) is 3.01. The summed E-state index contributed by atoms with van der Waals surface area (Å²) >= 11 is 0. The maximum atomic E-state index is 14.2. The molecule has 166 valence electrons. The highest BCUT2D eigenvalue weighted by molar-refractivity contribution is 7.92. The lowest BCUT2D eigenvalue weighted by atomic mass is 9.96. The molecule has 0 saturated heterocycles. The third kappa shape index (κ3) is 4.45. The summed E-state index contributed by atoms with van der Waals surface area (Å²) in [4.78, 5) is 18.1. The standard InChI is InChI=1S/C22H18F3N3O3S/c1-32(30,31)27-16-9-5-8-15(10-16)17-11-26-20-18(19(17)22(23,24)25)13-28(21(20)29)12-14-6-3-2-4-7-14/h2-11,27H,12-13H2,1H3. The van der Waals surface area contributed by atoms with Crippen LogP contribution >= 0.6 is 0 Å². The molecule has 0 unspecified atom stereocenters. The normalized spacial score (nSPS) is 13.9. The van der Waals surface area contributed by atoms with Gasteiger partial charge in [-0.1, -0.05) is 42.5 Å². The van der Waals surface area contributed by atoms with Crippen molar-refractivity contribution in [3.63, 3.8) is 0 Å². The fraction of sp³-hybridized carbons (Fsp3) is 0.182. The summed E-state index contributed by atoms with van der Waals surface area (Å²) < 4.78 is 67.8. The first-order chi connectivity index (χ1) is 15.0. The molecular formula is C22H18F3N3O3S. The van der Waals surface area contributed by atoms with Gasteiger partial charge >= 0.3 is 6.18 Å². The predicted octanol–water partition coefficient (Wildman–Crippen LogP) is 4.29. The van der Waals surface area contributed by atoms with Crippen LogP contribution in [-0.2, 0) is 29.3 Å². The highest BCUT2D eigenvalue weighted by Gasteiger charge is 2.42. The van der Waals surface area contributed by atoms with E-state index in [0.29, 0.717) is 0 Å². The minimum Gasteiger partial charge on any atom is -0.329 e. The molecular weight excluding hydrogens is 443 g/mol. The van der Waals surface area contributed by atoms with Gasteiger partial charge in [0.15, 0.2) is 0 Å². The molecule has 1 N–H and O–H groups in total. The number of nitrogens with one attached hydrogen (secondary N) is 1. The van der Waals surface area contributed by atoms with Crippen LogP contribution in [0, 0.1) is 0 Å². The number of aromatic nitrogens is 1. The van der Waals surface area contributed by atoms with Gasteiger partial charge < -0.3 is 4.90 Å². The molecule has 0 radical (unpaired) electrons. The van der Waals surface area contributed by atoms with Crippen molar-refractivity contribution in [1.29, 1.82) is 0 Å². The Kier molecular flexibility index (Phi) is 5.41. The molecule has 32 heavy (non-hydrogen) atoms. The van der Waals surface area contributed by atoms with Crippen LogP contribution in [0.1, 0.15) is 27.2 Å². The Labute approximate surface area is 182 Å². The van der Waals surface area contributed by atoms with Crippen molar-refractivity contribution >= 4 is 21.6 Å². The van der Waals surface area contributed by atoms with E-state index in [9.17, 15) is 26.4 Å². The van der Waals surface area contributed by atoms with Gasteiger partial charge in [-0.15, -0.1) is 0 Å². The molecule has 4 rings (SSSR count). The molecule has 3 aromatic rings. The highest BCUT2D eigenvalue weighted by Crippen LogP contribution is 2.43. The molecule has 6 nitrogen and oxygen atoms in total. The number of amides is 1. The topological polar surface area (TPSA) is 79.4 Å². The molecule has 2 aromatic carbocycles. The fourth-order valence-electron chi connectivity index (χ4n) is 3.74. The van der Waals surface area contributed by atoms with E-state index in [1.165, 1.54) is 29.2 Å². The molecule has 1 aliphatic rings. The summed E-state index contributed by atoms with van der Waals surface area (Å²) in [5.74, 6) is -0.562. The van der Waals surface area contributed by atoms with E-state index in [0.717, 1.165) is 18.0 Å². The van der Waals surface area contributed by atoms with Gasteiger partial charge in [0.05, 0.1) is 11.8 Å². The molecule has 0 fully saturated rings. The second-order valence-corrected chi connectivity index (χ2v) is 9.22. The van der Waals surface area contributed by atoms with Gasteiger partial charge in [0.1, 0.15) is 5.69 Å². The number of carbonyl (C=O) groups excluding carboxylic acids is 1. The number of anilines is 1. The first-order valence-electron chi connectivity index (χ1n) is 9.53. The van der Waals surface area contributed by atoms with Crippen molar-refractivity contribution in [2.45, 2.75) is 19.3 Å². The van der Waals surface area contributed by atoms with Gasteiger partial charge in [-0.3, -0.25) is 14.5 Å². The molecule has 10 heteroatoms. The number of halogens is 3. The summed E-state index contributed by atoms with van der Waals surface area (Å²) in [6.07, 6.45) is -2.78. The van der Waals surface area contributed by atoms with Crippen LogP contribution in [0.3, 0.4) is 0 Å². The quantitative estimate of drug-likeness (QED) is 0.615.